The van der Waals surface area contributed by atoms with E-state index >= 15 is 0 Å². The lowest BCUT2D eigenvalue weighted by molar-refractivity contribution is 0.240. The zero-order valence-corrected chi connectivity index (χ0v) is 12.1. The lowest BCUT2D eigenvalue weighted by atomic mass is 10.2. The Morgan fingerprint density at radius 2 is 1.95 bits per heavy atom. The van der Waals surface area contributed by atoms with E-state index in [0.29, 0.717) is 13.1 Å². The molecule has 20 heavy (non-hydrogen) atoms. The van der Waals surface area contributed by atoms with Gasteiger partial charge in [0.15, 0.2) is 0 Å². The molecule has 0 aliphatic rings. The summed E-state index contributed by atoms with van der Waals surface area (Å²) in [5.41, 5.74) is 2.77. The predicted octanol–water partition coefficient (Wildman–Crippen LogP) is 2.75. The standard InChI is InChI=1S/C13H12N4OS2/c18-13(15-8-10-2-1-5-19-10)14-7-9-3-4-11-12(6-9)17-20-16-11/h1-6H,7-8H2,(H2,14,15,18). The Hall–Kier alpha value is -1.99. The van der Waals surface area contributed by atoms with Gasteiger partial charge in [-0.25, -0.2) is 4.79 Å². The van der Waals surface area contributed by atoms with E-state index in [1.54, 1.807) is 11.3 Å². The van der Waals surface area contributed by atoms with Crippen LogP contribution in [0.4, 0.5) is 4.79 Å². The number of amides is 2. The van der Waals surface area contributed by atoms with Gasteiger partial charge in [-0.15, -0.1) is 11.3 Å². The van der Waals surface area contributed by atoms with Crippen molar-refractivity contribution >= 4 is 40.1 Å². The van der Waals surface area contributed by atoms with Gasteiger partial charge in [-0.05, 0) is 29.1 Å². The zero-order valence-electron chi connectivity index (χ0n) is 10.5. The SMILES string of the molecule is O=C(NCc1ccc2nsnc2c1)NCc1cccs1. The largest absolute Gasteiger partial charge is 0.334 e. The molecule has 2 amide bonds. The van der Waals surface area contributed by atoms with Crippen molar-refractivity contribution < 1.29 is 4.79 Å². The van der Waals surface area contributed by atoms with Crippen molar-refractivity contribution in [3.8, 4) is 0 Å². The fourth-order valence-electron chi connectivity index (χ4n) is 1.76. The number of hydrogen-bond acceptors (Lipinski definition) is 5. The molecule has 5 nitrogen and oxygen atoms in total. The highest BCUT2D eigenvalue weighted by molar-refractivity contribution is 7.09. The first-order valence-corrected chi connectivity index (χ1v) is 7.67. The number of nitrogens with one attached hydrogen (secondary N) is 2. The molecule has 2 N–H and O–H groups in total. The van der Waals surface area contributed by atoms with Gasteiger partial charge in [0.2, 0.25) is 0 Å². The maximum absolute atomic E-state index is 11.7. The molecule has 0 saturated carbocycles. The first kappa shape index (κ1) is 13.0. The van der Waals surface area contributed by atoms with Crippen molar-refractivity contribution in [1.82, 2.24) is 19.4 Å². The molecule has 7 heteroatoms. The van der Waals surface area contributed by atoms with Gasteiger partial charge >= 0.3 is 6.03 Å². The number of benzene rings is 1. The smallest absolute Gasteiger partial charge is 0.315 e. The molecule has 102 valence electrons. The number of urea groups is 1. The van der Waals surface area contributed by atoms with Gasteiger partial charge in [0.1, 0.15) is 11.0 Å². The number of thiophene rings is 1. The first-order chi connectivity index (χ1) is 9.81. The summed E-state index contributed by atoms with van der Waals surface area (Å²) >= 11 is 2.82. The molecule has 0 bridgehead atoms. The highest BCUT2D eigenvalue weighted by atomic mass is 32.1. The molecule has 1 aromatic carbocycles. The number of rotatable bonds is 4. The van der Waals surface area contributed by atoms with Gasteiger partial charge in [0.25, 0.3) is 0 Å². The third-order valence-electron chi connectivity index (χ3n) is 2.77. The predicted molar refractivity (Wildman–Crippen MR) is 80.8 cm³/mol. The number of nitrogens with zero attached hydrogens (tertiary/aromatic N) is 2. The van der Waals surface area contributed by atoms with Gasteiger partial charge in [0, 0.05) is 11.4 Å². The Labute approximate surface area is 124 Å². The molecule has 3 rings (SSSR count). The molecule has 0 aliphatic heterocycles. The van der Waals surface area contributed by atoms with Crippen molar-refractivity contribution in [2.45, 2.75) is 13.1 Å². The van der Waals surface area contributed by atoms with Crippen molar-refractivity contribution in [3.05, 3.63) is 46.2 Å². The van der Waals surface area contributed by atoms with E-state index in [4.69, 9.17) is 0 Å². The van der Waals surface area contributed by atoms with Gasteiger partial charge in [-0.1, -0.05) is 12.1 Å². The van der Waals surface area contributed by atoms with E-state index in [2.05, 4.69) is 19.4 Å². The summed E-state index contributed by atoms with van der Waals surface area (Å²) in [5, 5.41) is 7.64. The van der Waals surface area contributed by atoms with Crippen LogP contribution in [0.2, 0.25) is 0 Å². The Morgan fingerprint density at radius 3 is 2.80 bits per heavy atom. The molecule has 0 radical (unpaired) electrons. The van der Waals surface area contributed by atoms with Crippen molar-refractivity contribution in [2.75, 3.05) is 0 Å². The number of fused-ring (bicyclic) bond motifs is 1. The zero-order chi connectivity index (χ0) is 13.8. The molecule has 0 spiro atoms. The van der Waals surface area contributed by atoms with Crippen LogP contribution in [-0.2, 0) is 13.1 Å². The van der Waals surface area contributed by atoms with Crippen LogP contribution in [0.3, 0.4) is 0 Å². The van der Waals surface area contributed by atoms with Gasteiger partial charge in [-0.3, -0.25) is 0 Å². The summed E-state index contributed by atoms with van der Waals surface area (Å²) in [7, 11) is 0. The average molecular weight is 304 g/mol. The normalized spacial score (nSPS) is 10.6. The molecular weight excluding hydrogens is 292 g/mol. The second-order valence-corrected chi connectivity index (χ2v) is 5.76. The topological polar surface area (TPSA) is 66.9 Å². The van der Waals surface area contributed by atoms with Crippen LogP contribution < -0.4 is 10.6 Å². The molecule has 0 atom stereocenters. The summed E-state index contributed by atoms with van der Waals surface area (Å²) in [6.07, 6.45) is 0. The van der Waals surface area contributed by atoms with Crippen LogP contribution in [0.25, 0.3) is 11.0 Å². The second-order valence-electron chi connectivity index (χ2n) is 4.20. The Balaban J connectivity index is 1.51. The lowest BCUT2D eigenvalue weighted by Crippen LogP contribution is -2.34. The minimum absolute atomic E-state index is 0.171. The van der Waals surface area contributed by atoms with Crippen LogP contribution >= 0.6 is 23.1 Å². The Bertz CT molecular complexity index is 708. The third kappa shape index (κ3) is 3.12. The van der Waals surface area contributed by atoms with E-state index in [1.165, 1.54) is 11.7 Å². The minimum Gasteiger partial charge on any atom is -0.334 e. The first-order valence-electron chi connectivity index (χ1n) is 6.06. The third-order valence-corrected chi connectivity index (χ3v) is 4.21. The summed E-state index contributed by atoms with van der Waals surface area (Å²) in [4.78, 5) is 12.8. The maximum Gasteiger partial charge on any atom is 0.315 e. The van der Waals surface area contributed by atoms with Gasteiger partial charge in [0.05, 0.1) is 18.3 Å². The Morgan fingerprint density at radius 1 is 1.10 bits per heavy atom. The summed E-state index contributed by atoms with van der Waals surface area (Å²) in [5.74, 6) is 0. The van der Waals surface area contributed by atoms with Crippen molar-refractivity contribution in [3.63, 3.8) is 0 Å². The molecule has 0 unspecified atom stereocenters. The maximum atomic E-state index is 11.7. The average Bonchev–Trinajstić information content (AvgIpc) is 3.13. The fourth-order valence-corrected chi connectivity index (χ4v) is 2.93. The number of hydrogen-bond donors (Lipinski definition) is 2. The van der Waals surface area contributed by atoms with Crippen LogP contribution in [0.15, 0.2) is 35.7 Å². The van der Waals surface area contributed by atoms with E-state index in [-0.39, 0.29) is 6.03 Å². The molecule has 2 aromatic heterocycles. The van der Waals surface area contributed by atoms with Gasteiger partial charge in [-0.2, -0.15) is 8.75 Å². The molecular formula is C13H12N4OS2. The highest BCUT2D eigenvalue weighted by Gasteiger charge is 2.03. The monoisotopic (exact) mass is 304 g/mol. The molecule has 0 saturated heterocycles. The molecule has 3 aromatic rings. The Kier molecular flexibility index (Phi) is 3.89. The summed E-state index contributed by atoms with van der Waals surface area (Å²) in [6.45, 7) is 1.03. The van der Waals surface area contributed by atoms with Crippen LogP contribution in [0.5, 0.6) is 0 Å². The van der Waals surface area contributed by atoms with Crippen LogP contribution in [-0.4, -0.2) is 14.8 Å². The summed E-state index contributed by atoms with van der Waals surface area (Å²) < 4.78 is 8.33. The van der Waals surface area contributed by atoms with E-state index < -0.39 is 0 Å². The minimum atomic E-state index is -0.171. The second kappa shape index (κ2) is 5.98. The molecule has 0 aliphatic carbocycles. The van der Waals surface area contributed by atoms with E-state index in [1.807, 2.05) is 35.7 Å². The lowest BCUT2D eigenvalue weighted by Gasteiger charge is -2.06. The van der Waals surface area contributed by atoms with Crippen molar-refractivity contribution in [2.24, 2.45) is 0 Å². The number of aromatic nitrogens is 2. The number of carbonyl (C=O) groups excluding carboxylic acids is 1. The van der Waals surface area contributed by atoms with E-state index in [0.717, 1.165) is 21.5 Å². The quantitative estimate of drug-likeness (QED) is 0.779. The van der Waals surface area contributed by atoms with Gasteiger partial charge < -0.3 is 10.6 Å². The highest BCUT2D eigenvalue weighted by Crippen LogP contribution is 2.13. The fraction of sp³-hybridized carbons (Fsp3) is 0.154. The molecule has 0 fully saturated rings. The van der Waals surface area contributed by atoms with Crippen molar-refractivity contribution in [1.29, 1.82) is 0 Å². The number of carbonyl (C=O) groups is 1. The van der Waals surface area contributed by atoms with Crippen LogP contribution in [0, 0.1) is 0 Å². The molecule has 2 heterocycles. The summed E-state index contributed by atoms with van der Waals surface area (Å²) in [6, 6.07) is 9.60. The van der Waals surface area contributed by atoms with E-state index in [9.17, 15) is 4.79 Å². The van der Waals surface area contributed by atoms with Crippen LogP contribution in [0.1, 0.15) is 10.4 Å².